The molecule has 0 fully saturated rings. The SMILES string of the molecule is CCc1nc(CC)n(Cc2cc(CNCC(C)C)no2)n1. The van der Waals surface area contributed by atoms with Gasteiger partial charge in [0.2, 0.25) is 0 Å². The topological polar surface area (TPSA) is 68.8 Å². The van der Waals surface area contributed by atoms with Crippen LogP contribution in [-0.4, -0.2) is 26.5 Å². The second kappa shape index (κ2) is 7.36. The Kier molecular flexibility index (Phi) is 5.50. The van der Waals surface area contributed by atoms with Gasteiger partial charge in [0.15, 0.2) is 11.6 Å². The number of nitrogens with zero attached hydrogens (tertiary/aromatic N) is 4. The zero-order valence-electron chi connectivity index (χ0n) is 13.4. The maximum atomic E-state index is 5.39. The summed E-state index contributed by atoms with van der Waals surface area (Å²) in [5.41, 5.74) is 0.930. The molecule has 0 saturated heterocycles. The zero-order valence-corrected chi connectivity index (χ0v) is 13.4. The van der Waals surface area contributed by atoms with Crippen LogP contribution in [0.1, 0.15) is 50.8 Å². The highest BCUT2D eigenvalue weighted by Crippen LogP contribution is 2.09. The molecule has 0 bridgehead atoms. The third-order valence-corrected chi connectivity index (χ3v) is 3.20. The lowest BCUT2D eigenvalue weighted by molar-refractivity contribution is 0.361. The molecule has 116 valence electrons. The van der Waals surface area contributed by atoms with Crippen molar-refractivity contribution in [1.82, 2.24) is 25.2 Å². The standard InChI is InChI=1S/C15H25N5O/c1-5-14-17-15(6-2)20(18-14)10-13-7-12(19-21-13)9-16-8-11(3)4/h7,11,16H,5-6,8-10H2,1-4H3. The summed E-state index contributed by atoms with van der Waals surface area (Å²) in [4.78, 5) is 4.50. The highest BCUT2D eigenvalue weighted by Gasteiger charge is 2.11. The lowest BCUT2D eigenvalue weighted by Crippen LogP contribution is -2.19. The van der Waals surface area contributed by atoms with Gasteiger partial charge in [-0.15, -0.1) is 0 Å². The fraction of sp³-hybridized carbons (Fsp3) is 0.667. The minimum Gasteiger partial charge on any atom is -0.359 e. The minimum absolute atomic E-state index is 0.591. The van der Waals surface area contributed by atoms with Crippen molar-refractivity contribution in [2.75, 3.05) is 6.54 Å². The summed E-state index contributed by atoms with van der Waals surface area (Å²) >= 11 is 0. The molecule has 0 amide bonds. The molecule has 0 aromatic carbocycles. The summed E-state index contributed by atoms with van der Waals surface area (Å²) in [7, 11) is 0. The molecule has 2 rings (SSSR count). The molecule has 0 aliphatic rings. The van der Waals surface area contributed by atoms with Crippen molar-refractivity contribution in [3.05, 3.63) is 29.2 Å². The van der Waals surface area contributed by atoms with Gasteiger partial charge in [-0.3, -0.25) is 0 Å². The molecule has 0 aliphatic carbocycles. The third kappa shape index (κ3) is 4.39. The Morgan fingerprint density at radius 2 is 2.10 bits per heavy atom. The Labute approximate surface area is 125 Å². The Hall–Kier alpha value is -1.69. The van der Waals surface area contributed by atoms with Gasteiger partial charge in [0.25, 0.3) is 0 Å². The van der Waals surface area contributed by atoms with Crippen molar-refractivity contribution >= 4 is 0 Å². The zero-order chi connectivity index (χ0) is 15.2. The number of aromatic nitrogens is 4. The molecule has 0 unspecified atom stereocenters. The molecular weight excluding hydrogens is 266 g/mol. The van der Waals surface area contributed by atoms with Gasteiger partial charge in [-0.05, 0) is 12.5 Å². The van der Waals surface area contributed by atoms with E-state index in [1.807, 2.05) is 10.7 Å². The first-order valence-electron chi connectivity index (χ1n) is 7.70. The van der Waals surface area contributed by atoms with Crippen LogP contribution < -0.4 is 5.32 Å². The Morgan fingerprint density at radius 3 is 2.76 bits per heavy atom. The van der Waals surface area contributed by atoms with Crippen LogP contribution in [0.4, 0.5) is 0 Å². The fourth-order valence-electron chi connectivity index (χ4n) is 2.11. The van der Waals surface area contributed by atoms with Gasteiger partial charge in [0, 0.05) is 25.5 Å². The number of aryl methyl sites for hydroxylation is 2. The molecule has 0 atom stereocenters. The summed E-state index contributed by atoms with van der Waals surface area (Å²) in [5, 5.41) is 11.9. The second-order valence-electron chi connectivity index (χ2n) is 5.62. The van der Waals surface area contributed by atoms with E-state index in [-0.39, 0.29) is 0 Å². The lowest BCUT2D eigenvalue weighted by Gasteiger charge is -2.04. The van der Waals surface area contributed by atoms with Crippen molar-refractivity contribution in [3.8, 4) is 0 Å². The van der Waals surface area contributed by atoms with Crippen molar-refractivity contribution in [1.29, 1.82) is 0 Å². The fourth-order valence-corrected chi connectivity index (χ4v) is 2.11. The molecule has 1 N–H and O–H groups in total. The van der Waals surface area contributed by atoms with Crippen LogP contribution in [0, 0.1) is 5.92 Å². The van der Waals surface area contributed by atoms with Crippen molar-refractivity contribution in [2.24, 2.45) is 5.92 Å². The van der Waals surface area contributed by atoms with E-state index in [0.29, 0.717) is 12.5 Å². The molecule has 0 spiro atoms. The van der Waals surface area contributed by atoms with E-state index >= 15 is 0 Å². The monoisotopic (exact) mass is 291 g/mol. The third-order valence-electron chi connectivity index (χ3n) is 3.20. The van der Waals surface area contributed by atoms with Crippen LogP contribution >= 0.6 is 0 Å². The van der Waals surface area contributed by atoms with Gasteiger partial charge in [0.05, 0.1) is 5.69 Å². The molecule has 0 saturated carbocycles. The highest BCUT2D eigenvalue weighted by molar-refractivity contribution is 5.06. The lowest BCUT2D eigenvalue weighted by atomic mass is 10.2. The van der Waals surface area contributed by atoms with Gasteiger partial charge >= 0.3 is 0 Å². The number of nitrogens with one attached hydrogen (secondary N) is 1. The Morgan fingerprint density at radius 1 is 1.29 bits per heavy atom. The predicted octanol–water partition coefficient (Wildman–Crippen LogP) is 2.18. The van der Waals surface area contributed by atoms with E-state index in [1.165, 1.54) is 0 Å². The van der Waals surface area contributed by atoms with Gasteiger partial charge in [0.1, 0.15) is 12.4 Å². The average Bonchev–Trinajstić information content (AvgIpc) is 3.05. The van der Waals surface area contributed by atoms with E-state index in [1.54, 1.807) is 0 Å². The van der Waals surface area contributed by atoms with Gasteiger partial charge in [-0.25, -0.2) is 9.67 Å². The molecule has 6 nitrogen and oxygen atoms in total. The summed E-state index contributed by atoms with van der Waals surface area (Å²) in [6.45, 7) is 10.8. The first-order valence-corrected chi connectivity index (χ1v) is 7.70. The molecular formula is C15H25N5O. The maximum Gasteiger partial charge on any atom is 0.158 e. The molecule has 6 heteroatoms. The predicted molar refractivity (Wildman–Crippen MR) is 80.9 cm³/mol. The van der Waals surface area contributed by atoms with Crippen LogP contribution in [0.15, 0.2) is 10.6 Å². The molecule has 2 aromatic heterocycles. The van der Waals surface area contributed by atoms with Crippen molar-refractivity contribution < 1.29 is 4.52 Å². The molecule has 2 heterocycles. The number of hydrogen-bond acceptors (Lipinski definition) is 5. The summed E-state index contributed by atoms with van der Waals surface area (Å²) in [6, 6.07) is 1.99. The summed E-state index contributed by atoms with van der Waals surface area (Å²) in [6.07, 6.45) is 1.71. The van der Waals surface area contributed by atoms with E-state index in [4.69, 9.17) is 4.52 Å². The van der Waals surface area contributed by atoms with Crippen LogP contribution in [-0.2, 0) is 25.9 Å². The van der Waals surface area contributed by atoms with Crippen LogP contribution in [0.5, 0.6) is 0 Å². The van der Waals surface area contributed by atoms with Crippen LogP contribution in [0.2, 0.25) is 0 Å². The molecule has 0 radical (unpaired) electrons. The summed E-state index contributed by atoms with van der Waals surface area (Å²) in [5.74, 6) is 3.32. The normalized spacial score (nSPS) is 11.5. The number of rotatable bonds is 8. The van der Waals surface area contributed by atoms with E-state index in [0.717, 1.165) is 49.0 Å². The van der Waals surface area contributed by atoms with Gasteiger partial charge in [-0.1, -0.05) is 32.9 Å². The highest BCUT2D eigenvalue weighted by atomic mass is 16.5. The first-order chi connectivity index (χ1) is 10.1. The van der Waals surface area contributed by atoms with Gasteiger partial charge < -0.3 is 9.84 Å². The summed E-state index contributed by atoms with van der Waals surface area (Å²) < 4.78 is 7.30. The number of hydrogen-bond donors (Lipinski definition) is 1. The quantitative estimate of drug-likeness (QED) is 0.807. The van der Waals surface area contributed by atoms with Crippen LogP contribution in [0.25, 0.3) is 0 Å². The van der Waals surface area contributed by atoms with E-state index < -0.39 is 0 Å². The smallest absolute Gasteiger partial charge is 0.158 e. The van der Waals surface area contributed by atoms with Crippen molar-refractivity contribution in [3.63, 3.8) is 0 Å². The molecule has 2 aromatic rings. The van der Waals surface area contributed by atoms with E-state index in [9.17, 15) is 0 Å². The van der Waals surface area contributed by atoms with Crippen LogP contribution in [0.3, 0.4) is 0 Å². The largest absolute Gasteiger partial charge is 0.359 e. The van der Waals surface area contributed by atoms with Crippen molar-refractivity contribution in [2.45, 2.75) is 53.6 Å². The Balaban J connectivity index is 1.97. The first kappa shape index (κ1) is 15.7. The molecule has 21 heavy (non-hydrogen) atoms. The van der Waals surface area contributed by atoms with E-state index in [2.05, 4.69) is 48.3 Å². The Bertz CT molecular complexity index is 558. The molecule has 0 aliphatic heterocycles. The second-order valence-corrected chi connectivity index (χ2v) is 5.62. The average molecular weight is 291 g/mol. The minimum atomic E-state index is 0.591. The van der Waals surface area contributed by atoms with Gasteiger partial charge in [-0.2, -0.15) is 5.10 Å². The maximum absolute atomic E-state index is 5.39.